The van der Waals surface area contributed by atoms with Crippen LogP contribution in [0.5, 0.6) is 0 Å². The number of rotatable bonds is 2. The van der Waals surface area contributed by atoms with E-state index in [1.165, 1.54) is 7.11 Å². The molecule has 3 nitrogen and oxygen atoms in total. The predicted octanol–water partition coefficient (Wildman–Crippen LogP) is 1.81. The molecule has 0 aliphatic carbocycles. The molecule has 0 saturated heterocycles. The van der Waals surface area contributed by atoms with Crippen molar-refractivity contribution < 1.29 is 9.94 Å². The third-order valence-corrected chi connectivity index (χ3v) is 1.72. The van der Waals surface area contributed by atoms with Crippen molar-refractivity contribution in [3.8, 4) is 11.8 Å². The van der Waals surface area contributed by atoms with Crippen molar-refractivity contribution >= 4 is 5.71 Å². The van der Waals surface area contributed by atoms with Gasteiger partial charge in [0.2, 0.25) is 0 Å². The molecule has 1 rings (SSSR count). The van der Waals surface area contributed by atoms with Crippen LogP contribution in [0.3, 0.4) is 0 Å². The maximum Gasteiger partial charge on any atom is 0.159 e. The highest BCUT2D eigenvalue weighted by Crippen LogP contribution is 2.03. The normalized spacial score (nSPS) is 11.6. The Hall–Kier alpha value is -1.79. The van der Waals surface area contributed by atoms with E-state index in [-0.39, 0.29) is 0 Å². The van der Waals surface area contributed by atoms with Crippen LogP contribution in [0.1, 0.15) is 19.4 Å². The quantitative estimate of drug-likeness (QED) is 0.466. The predicted molar refractivity (Wildman–Crippen MR) is 64.1 cm³/mol. The van der Waals surface area contributed by atoms with Crippen LogP contribution in [0.2, 0.25) is 0 Å². The van der Waals surface area contributed by atoms with Gasteiger partial charge in [-0.1, -0.05) is 41.4 Å². The van der Waals surface area contributed by atoms with Crippen molar-refractivity contribution in [2.24, 2.45) is 5.16 Å². The molecular formula is C13H15NO2. The summed E-state index contributed by atoms with van der Waals surface area (Å²) in [6.45, 7) is 3.24. The lowest BCUT2D eigenvalue weighted by Gasteiger charge is -2.06. The smallest absolute Gasteiger partial charge is 0.159 e. The monoisotopic (exact) mass is 217 g/mol. The lowest BCUT2D eigenvalue weighted by molar-refractivity contribution is 0.143. The largest absolute Gasteiger partial charge is 0.398 e. The summed E-state index contributed by atoms with van der Waals surface area (Å²) in [5, 5.41) is 13.3. The Balaban J connectivity index is 3.02. The third-order valence-electron chi connectivity index (χ3n) is 1.72. The summed E-state index contributed by atoms with van der Waals surface area (Å²) in [7, 11) is 1.47. The van der Waals surface area contributed by atoms with Gasteiger partial charge in [-0.2, -0.15) is 0 Å². The van der Waals surface area contributed by atoms with Crippen LogP contribution in [0.15, 0.2) is 35.5 Å². The molecule has 0 bridgehead atoms. The topological polar surface area (TPSA) is 41.8 Å². The first-order chi connectivity index (χ1) is 7.53. The average molecular weight is 217 g/mol. The molecule has 1 N–H and O–H groups in total. The van der Waals surface area contributed by atoms with Gasteiger partial charge in [0.25, 0.3) is 0 Å². The molecule has 0 spiro atoms. The summed E-state index contributed by atoms with van der Waals surface area (Å²) >= 11 is 0. The molecule has 0 radical (unpaired) electrons. The summed E-state index contributed by atoms with van der Waals surface area (Å²) in [5.74, 6) is 5.50. The summed E-state index contributed by atoms with van der Waals surface area (Å²) < 4.78 is 0. The molecule has 0 aromatic heterocycles. The first-order valence-corrected chi connectivity index (χ1v) is 4.95. The number of hydrogen-bond acceptors (Lipinski definition) is 3. The van der Waals surface area contributed by atoms with Crippen LogP contribution in [0, 0.1) is 11.8 Å². The van der Waals surface area contributed by atoms with E-state index in [0.717, 1.165) is 5.56 Å². The van der Waals surface area contributed by atoms with Crippen LogP contribution in [-0.4, -0.2) is 23.5 Å². The Morgan fingerprint density at radius 1 is 1.31 bits per heavy atom. The van der Waals surface area contributed by atoms with E-state index in [1.807, 2.05) is 30.3 Å². The minimum absolute atomic E-state index is 0.505. The van der Waals surface area contributed by atoms with Crippen LogP contribution in [0.4, 0.5) is 0 Å². The molecule has 0 aliphatic rings. The lowest BCUT2D eigenvalue weighted by Crippen LogP contribution is -2.15. The maximum atomic E-state index is 9.51. The van der Waals surface area contributed by atoms with Gasteiger partial charge in [0.1, 0.15) is 12.7 Å². The second kappa shape index (κ2) is 5.34. The molecule has 0 amide bonds. The molecular weight excluding hydrogens is 202 g/mol. The standard InChI is InChI=1S/C13H15NO2/c1-13(2,15)10-9-12(14-16-3)11-7-5-4-6-8-11/h4-8,15H,1-3H3/b14-12+. The van der Waals surface area contributed by atoms with Crippen molar-refractivity contribution in [3.05, 3.63) is 35.9 Å². The summed E-state index contributed by atoms with van der Waals surface area (Å²) in [6, 6.07) is 9.48. The first-order valence-electron chi connectivity index (χ1n) is 4.95. The molecule has 0 unspecified atom stereocenters. The van der Waals surface area contributed by atoms with Crippen molar-refractivity contribution in [2.45, 2.75) is 19.4 Å². The van der Waals surface area contributed by atoms with Crippen molar-refractivity contribution in [2.75, 3.05) is 7.11 Å². The highest BCUT2D eigenvalue weighted by molar-refractivity contribution is 6.12. The highest BCUT2D eigenvalue weighted by Gasteiger charge is 2.07. The third kappa shape index (κ3) is 4.16. The van der Waals surface area contributed by atoms with E-state index < -0.39 is 5.60 Å². The Labute approximate surface area is 95.7 Å². The molecule has 16 heavy (non-hydrogen) atoms. The van der Waals surface area contributed by atoms with E-state index in [4.69, 9.17) is 4.84 Å². The van der Waals surface area contributed by atoms with Crippen LogP contribution < -0.4 is 0 Å². The summed E-state index contributed by atoms with van der Waals surface area (Å²) in [5.41, 5.74) is 0.329. The summed E-state index contributed by atoms with van der Waals surface area (Å²) in [6.07, 6.45) is 0. The van der Waals surface area contributed by atoms with Gasteiger partial charge in [0.05, 0.1) is 0 Å². The van der Waals surface area contributed by atoms with Gasteiger partial charge in [0.15, 0.2) is 5.71 Å². The zero-order chi connectivity index (χ0) is 12.0. The van der Waals surface area contributed by atoms with Crippen molar-refractivity contribution in [1.82, 2.24) is 0 Å². The van der Waals surface area contributed by atoms with Gasteiger partial charge >= 0.3 is 0 Å². The van der Waals surface area contributed by atoms with Crippen molar-refractivity contribution in [3.63, 3.8) is 0 Å². The Kier molecular flexibility index (Phi) is 4.10. The molecule has 1 aromatic carbocycles. The first kappa shape index (κ1) is 12.3. The molecule has 84 valence electrons. The number of hydrogen-bond donors (Lipinski definition) is 1. The zero-order valence-corrected chi connectivity index (χ0v) is 9.69. The minimum atomic E-state index is -1.04. The van der Waals surface area contributed by atoms with Gasteiger partial charge in [-0.25, -0.2) is 0 Å². The zero-order valence-electron chi connectivity index (χ0n) is 9.69. The average Bonchev–Trinajstić information content (AvgIpc) is 2.24. The Morgan fingerprint density at radius 2 is 1.94 bits per heavy atom. The minimum Gasteiger partial charge on any atom is -0.398 e. The van der Waals surface area contributed by atoms with Gasteiger partial charge in [-0.3, -0.25) is 0 Å². The van der Waals surface area contributed by atoms with Crippen LogP contribution in [-0.2, 0) is 4.84 Å². The maximum absolute atomic E-state index is 9.51. The van der Waals surface area contributed by atoms with Crippen LogP contribution >= 0.6 is 0 Å². The lowest BCUT2D eigenvalue weighted by atomic mass is 10.1. The van der Waals surface area contributed by atoms with E-state index in [1.54, 1.807) is 13.8 Å². The van der Waals surface area contributed by atoms with Crippen molar-refractivity contribution in [1.29, 1.82) is 0 Å². The summed E-state index contributed by atoms with van der Waals surface area (Å²) in [4.78, 5) is 4.73. The Morgan fingerprint density at radius 3 is 2.44 bits per heavy atom. The van der Waals surface area contributed by atoms with Gasteiger partial charge in [0, 0.05) is 5.56 Å². The second-order valence-electron chi connectivity index (χ2n) is 3.80. The molecule has 0 atom stereocenters. The fourth-order valence-electron chi connectivity index (χ4n) is 1.05. The molecule has 0 fully saturated rings. The molecule has 0 heterocycles. The number of nitrogens with zero attached hydrogens (tertiary/aromatic N) is 1. The van der Waals surface area contributed by atoms with E-state index in [0.29, 0.717) is 5.71 Å². The second-order valence-corrected chi connectivity index (χ2v) is 3.80. The fraction of sp³-hybridized carbons (Fsp3) is 0.308. The van der Waals surface area contributed by atoms with E-state index in [9.17, 15) is 5.11 Å². The number of aliphatic hydroxyl groups is 1. The van der Waals surface area contributed by atoms with E-state index in [2.05, 4.69) is 17.0 Å². The SMILES string of the molecule is CO/N=C(\C#CC(C)(C)O)c1ccccc1. The molecule has 0 saturated carbocycles. The van der Waals surface area contributed by atoms with Gasteiger partial charge in [-0.05, 0) is 19.8 Å². The fourth-order valence-corrected chi connectivity index (χ4v) is 1.05. The molecule has 0 aliphatic heterocycles. The molecule has 1 aromatic rings. The van der Waals surface area contributed by atoms with Crippen LogP contribution in [0.25, 0.3) is 0 Å². The highest BCUT2D eigenvalue weighted by atomic mass is 16.6. The number of oxime groups is 1. The van der Waals surface area contributed by atoms with Gasteiger partial charge < -0.3 is 9.94 Å². The molecule has 3 heteroatoms. The number of benzene rings is 1. The Bertz CT molecular complexity index is 419. The van der Waals surface area contributed by atoms with E-state index >= 15 is 0 Å². The van der Waals surface area contributed by atoms with Gasteiger partial charge in [-0.15, -0.1) is 0 Å².